The van der Waals surface area contributed by atoms with E-state index in [1.807, 2.05) is 17.0 Å². The number of amides is 2. The minimum atomic E-state index is -0.639. The average Bonchev–Trinajstić information content (AvgIpc) is 3.18. The number of rotatable bonds is 6. The van der Waals surface area contributed by atoms with Crippen LogP contribution in [-0.4, -0.2) is 53.6 Å². The highest BCUT2D eigenvalue weighted by molar-refractivity contribution is 5.94. The lowest BCUT2D eigenvalue weighted by Gasteiger charge is -2.28. The van der Waals surface area contributed by atoms with Crippen molar-refractivity contribution >= 4 is 11.8 Å². The van der Waals surface area contributed by atoms with Crippen molar-refractivity contribution in [3.05, 3.63) is 70.3 Å². The van der Waals surface area contributed by atoms with Crippen molar-refractivity contribution in [2.75, 3.05) is 19.6 Å². The second-order valence-corrected chi connectivity index (χ2v) is 8.32. The predicted octanol–water partition coefficient (Wildman–Crippen LogP) is 1.44. The third kappa shape index (κ3) is 4.71. The number of aliphatic hydroxyl groups is 1. The lowest BCUT2D eigenvalue weighted by molar-refractivity contribution is -0.129. The molecule has 4 rings (SSSR count). The van der Waals surface area contributed by atoms with Gasteiger partial charge in [0.15, 0.2) is 0 Å². The highest BCUT2D eigenvalue weighted by atomic mass is 16.3. The molecule has 30 heavy (non-hydrogen) atoms. The van der Waals surface area contributed by atoms with Gasteiger partial charge in [0.25, 0.3) is 5.91 Å². The van der Waals surface area contributed by atoms with Crippen molar-refractivity contribution in [1.29, 1.82) is 0 Å². The van der Waals surface area contributed by atoms with E-state index >= 15 is 0 Å². The normalized spacial score (nSPS) is 16.7. The second kappa shape index (κ2) is 8.98. The van der Waals surface area contributed by atoms with E-state index in [4.69, 9.17) is 0 Å². The molecule has 158 valence electrons. The number of hydrogen-bond acceptors (Lipinski definition) is 4. The number of nitrogens with zero attached hydrogens (tertiary/aromatic N) is 1. The molecule has 2 aromatic carbocycles. The van der Waals surface area contributed by atoms with Crippen molar-refractivity contribution in [3.8, 4) is 0 Å². The SMILES string of the molecule is CC(=O)N1CCc2cc(C(=O)NCC(O)CNC3Cc4ccccc4C3)ccc2C1. The van der Waals surface area contributed by atoms with Crippen LogP contribution in [0.2, 0.25) is 0 Å². The molecule has 6 heteroatoms. The molecule has 0 bridgehead atoms. The minimum absolute atomic E-state index is 0.0755. The number of nitrogens with one attached hydrogen (secondary N) is 2. The number of aliphatic hydroxyl groups excluding tert-OH is 1. The lowest BCUT2D eigenvalue weighted by atomic mass is 9.97. The van der Waals surface area contributed by atoms with E-state index in [0.29, 0.717) is 31.2 Å². The summed E-state index contributed by atoms with van der Waals surface area (Å²) in [5.41, 5.74) is 5.54. The molecule has 0 saturated heterocycles. The van der Waals surface area contributed by atoms with Crippen LogP contribution in [0.5, 0.6) is 0 Å². The number of benzene rings is 2. The topological polar surface area (TPSA) is 81.7 Å². The Labute approximate surface area is 177 Å². The molecule has 1 aliphatic heterocycles. The molecule has 0 fully saturated rings. The van der Waals surface area contributed by atoms with E-state index in [0.717, 1.165) is 30.4 Å². The van der Waals surface area contributed by atoms with Crippen LogP contribution in [-0.2, 0) is 30.6 Å². The molecule has 0 radical (unpaired) electrons. The Morgan fingerprint density at radius 3 is 2.50 bits per heavy atom. The van der Waals surface area contributed by atoms with Gasteiger partial charge in [0.05, 0.1) is 6.10 Å². The van der Waals surface area contributed by atoms with Gasteiger partial charge < -0.3 is 20.6 Å². The third-order valence-corrected chi connectivity index (χ3v) is 6.12. The van der Waals surface area contributed by atoms with E-state index < -0.39 is 6.10 Å². The summed E-state index contributed by atoms with van der Waals surface area (Å²) in [6.07, 6.45) is 2.07. The molecule has 1 atom stereocenters. The fourth-order valence-corrected chi connectivity index (χ4v) is 4.35. The van der Waals surface area contributed by atoms with Crippen molar-refractivity contribution in [2.45, 2.75) is 44.9 Å². The zero-order chi connectivity index (χ0) is 21.1. The molecule has 0 saturated carbocycles. The van der Waals surface area contributed by atoms with Crippen molar-refractivity contribution in [2.24, 2.45) is 0 Å². The molecule has 0 spiro atoms. The maximum atomic E-state index is 12.5. The fraction of sp³-hybridized carbons (Fsp3) is 0.417. The van der Waals surface area contributed by atoms with Gasteiger partial charge in [0, 0.05) is 44.7 Å². The average molecular weight is 408 g/mol. The van der Waals surface area contributed by atoms with E-state index in [-0.39, 0.29) is 18.4 Å². The van der Waals surface area contributed by atoms with Gasteiger partial charge in [-0.25, -0.2) is 0 Å². The van der Waals surface area contributed by atoms with E-state index in [1.54, 1.807) is 13.0 Å². The van der Waals surface area contributed by atoms with Crippen molar-refractivity contribution in [3.63, 3.8) is 0 Å². The monoisotopic (exact) mass is 407 g/mol. The maximum absolute atomic E-state index is 12.5. The maximum Gasteiger partial charge on any atom is 0.251 e. The first kappa shape index (κ1) is 20.6. The van der Waals surface area contributed by atoms with E-state index in [1.165, 1.54) is 11.1 Å². The van der Waals surface area contributed by atoms with Gasteiger partial charge in [-0.15, -0.1) is 0 Å². The van der Waals surface area contributed by atoms with Crippen LogP contribution in [0.4, 0.5) is 0 Å². The van der Waals surface area contributed by atoms with Crippen LogP contribution in [0.1, 0.15) is 39.5 Å². The first-order valence-electron chi connectivity index (χ1n) is 10.6. The summed E-state index contributed by atoms with van der Waals surface area (Å²) in [6, 6.07) is 14.4. The first-order chi connectivity index (χ1) is 14.5. The van der Waals surface area contributed by atoms with Crippen LogP contribution in [0.25, 0.3) is 0 Å². The number of carbonyl (C=O) groups excluding carboxylic acids is 2. The molecule has 3 N–H and O–H groups in total. The van der Waals surface area contributed by atoms with Gasteiger partial charge in [0.2, 0.25) is 5.91 Å². The third-order valence-electron chi connectivity index (χ3n) is 6.12. The summed E-state index contributed by atoms with van der Waals surface area (Å²) in [4.78, 5) is 25.9. The molecule has 2 aliphatic rings. The Hall–Kier alpha value is -2.70. The van der Waals surface area contributed by atoms with Crippen LogP contribution >= 0.6 is 0 Å². The molecular weight excluding hydrogens is 378 g/mol. The Bertz CT molecular complexity index is 918. The lowest BCUT2D eigenvalue weighted by Crippen LogP contribution is -2.41. The van der Waals surface area contributed by atoms with Crippen LogP contribution in [0, 0.1) is 0 Å². The first-order valence-corrected chi connectivity index (χ1v) is 10.6. The van der Waals surface area contributed by atoms with Gasteiger partial charge in [-0.2, -0.15) is 0 Å². The summed E-state index contributed by atoms with van der Waals surface area (Å²) >= 11 is 0. The van der Waals surface area contributed by atoms with Gasteiger partial charge in [-0.05, 0) is 53.6 Å². The molecule has 0 aromatic heterocycles. The molecular formula is C24H29N3O3. The zero-order valence-electron chi connectivity index (χ0n) is 17.4. The second-order valence-electron chi connectivity index (χ2n) is 8.32. The zero-order valence-corrected chi connectivity index (χ0v) is 17.4. The van der Waals surface area contributed by atoms with Gasteiger partial charge in [-0.3, -0.25) is 9.59 Å². The number of hydrogen-bond donors (Lipinski definition) is 3. The highest BCUT2D eigenvalue weighted by Crippen LogP contribution is 2.22. The van der Waals surface area contributed by atoms with Crippen LogP contribution in [0.3, 0.4) is 0 Å². The molecule has 6 nitrogen and oxygen atoms in total. The molecule has 1 aliphatic carbocycles. The molecule has 1 heterocycles. The van der Waals surface area contributed by atoms with Crippen molar-refractivity contribution in [1.82, 2.24) is 15.5 Å². The number of carbonyl (C=O) groups is 2. The quantitative estimate of drug-likeness (QED) is 0.677. The van der Waals surface area contributed by atoms with Gasteiger partial charge in [-0.1, -0.05) is 30.3 Å². The van der Waals surface area contributed by atoms with E-state index in [2.05, 4.69) is 34.9 Å². The summed E-state index contributed by atoms with van der Waals surface area (Å²) in [5, 5.41) is 16.5. The van der Waals surface area contributed by atoms with Crippen molar-refractivity contribution < 1.29 is 14.7 Å². The number of fused-ring (bicyclic) bond motifs is 2. The summed E-state index contributed by atoms with van der Waals surface area (Å²) in [7, 11) is 0. The van der Waals surface area contributed by atoms with Crippen LogP contribution in [0.15, 0.2) is 42.5 Å². The highest BCUT2D eigenvalue weighted by Gasteiger charge is 2.22. The summed E-state index contributed by atoms with van der Waals surface area (Å²) in [5.74, 6) is -0.106. The van der Waals surface area contributed by atoms with Crippen LogP contribution < -0.4 is 10.6 Å². The molecule has 2 amide bonds. The summed E-state index contributed by atoms with van der Waals surface area (Å²) < 4.78 is 0. The van der Waals surface area contributed by atoms with E-state index in [9.17, 15) is 14.7 Å². The minimum Gasteiger partial charge on any atom is -0.390 e. The Kier molecular flexibility index (Phi) is 6.16. The smallest absolute Gasteiger partial charge is 0.251 e. The Morgan fingerprint density at radius 2 is 1.80 bits per heavy atom. The standard InChI is InChI=1S/C24H29N3O3/c1-16(28)27-9-8-19-10-20(6-7-21(19)15-27)24(30)26-14-23(29)13-25-22-11-17-4-2-3-5-18(17)12-22/h2-7,10,22-23,25,29H,8-9,11-15H2,1H3,(H,26,30). The molecule has 2 aromatic rings. The predicted molar refractivity (Wildman–Crippen MR) is 115 cm³/mol. The van der Waals surface area contributed by atoms with Gasteiger partial charge in [0.1, 0.15) is 0 Å². The Morgan fingerprint density at radius 1 is 1.07 bits per heavy atom. The summed E-state index contributed by atoms with van der Waals surface area (Å²) in [6.45, 7) is 3.52. The largest absolute Gasteiger partial charge is 0.390 e. The fourth-order valence-electron chi connectivity index (χ4n) is 4.35. The Balaban J connectivity index is 1.23. The molecule has 1 unspecified atom stereocenters. The van der Waals surface area contributed by atoms with Gasteiger partial charge >= 0.3 is 0 Å².